The molecule has 0 saturated heterocycles. The SMILES string of the molecule is CCc1ccccc1N(CC(=O)NC1CCCC1)C(=O)c1cc2c(C)nn(-c3ccccc3)c2s1. The third-order valence-electron chi connectivity index (χ3n) is 6.69. The lowest BCUT2D eigenvalue weighted by Gasteiger charge is -2.25. The van der Waals surface area contributed by atoms with Gasteiger partial charge in [-0.05, 0) is 56.0 Å². The van der Waals surface area contributed by atoms with Gasteiger partial charge in [0.15, 0.2) is 0 Å². The Balaban J connectivity index is 1.51. The molecule has 0 unspecified atom stereocenters. The average Bonchev–Trinajstić information content (AvgIpc) is 3.61. The fourth-order valence-electron chi connectivity index (χ4n) is 4.86. The smallest absolute Gasteiger partial charge is 0.268 e. The van der Waals surface area contributed by atoms with Crippen LogP contribution in [0, 0.1) is 6.92 Å². The summed E-state index contributed by atoms with van der Waals surface area (Å²) in [6, 6.07) is 19.9. The summed E-state index contributed by atoms with van der Waals surface area (Å²) in [5, 5.41) is 8.79. The summed E-state index contributed by atoms with van der Waals surface area (Å²) >= 11 is 1.42. The number of carbonyl (C=O) groups is 2. The van der Waals surface area contributed by atoms with E-state index in [1.54, 1.807) is 4.90 Å². The predicted molar refractivity (Wildman–Crippen MR) is 142 cm³/mol. The Labute approximate surface area is 209 Å². The molecular formula is C28H30N4O2S. The molecule has 1 aliphatic carbocycles. The second-order valence-corrected chi connectivity index (χ2v) is 10.1. The van der Waals surface area contributed by atoms with Crippen molar-refractivity contribution in [2.24, 2.45) is 0 Å². The minimum Gasteiger partial charge on any atom is -0.352 e. The second kappa shape index (κ2) is 10.0. The Morgan fingerprint density at radius 1 is 1.09 bits per heavy atom. The number of nitrogens with one attached hydrogen (secondary N) is 1. The van der Waals surface area contributed by atoms with Crippen LogP contribution in [-0.4, -0.2) is 34.2 Å². The molecule has 2 amide bonds. The zero-order valence-electron chi connectivity index (χ0n) is 20.2. The molecule has 0 aliphatic heterocycles. The lowest BCUT2D eigenvalue weighted by atomic mass is 10.1. The number of carbonyl (C=O) groups excluding carboxylic acids is 2. The van der Waals surface area contributed by atoms with E-state index in [-0.39, 0.29) is 24.4 Å². The molecule has 2 heterocycles. The lowest BCUT2D eigenvalue weighted by molar-refractivity contribution is -0.120. The van der Waals surface area contributed by atoms with Gasteiger partial charge < -0.3 is 5.32 Å². The molecule has 1 saturated carbocycles. The maximum atomic E-state index is 13.9. The molecule has 0 bridgehead atoms. The van der Waals surface area contributed by atoms with E-state index in [9.17, 15) is 9.59 Å². The molecule has 5 rings (SSSR count). The van der Waals surface area contributed by atoms with Gasteiger partial charge in [0.25, 0.3) is 5.91 Å². The molecular weight excluding hydrogens is 456 g/mol. The van der Waals surface area contributed by atoms with Crippen molar-refractivity contribution in [3.63, 3.8) is 0 Å². The molecule has 0 atom stereocenters. The van der Waals surface area contributed by atoms with Crippen LogP contribution in [-0.2, 0) is 11.2 Å². The van der Waals surface area contributed by atoms with Gasteiger partial charge in [0.1, 0.15) is 11.4 Å². The third kappa shape index (κ3) is 4.73. The summed E-state index contributed by atoms with van der Waals surface area (Å²) in [7, 11) is 0. The van der Waals surface area contributed by atoms with Crippen LogP contribution in [0.25, 0.3) is 15.9 Å². The summed E-state index contributed by atoms with van der Waals surface area (Å²) in [6.45, 7) is 4.03. The highest BCUT2D eigenvalue weighted by Crippen LogP contribution is 2.33. The third-order valence-corrected chi connectivity index (χ3v) is 7.79. The monoisotopic (exact) mass is 486 g/mol. The van der Waals surface area contributed by atoms with Gasteiger partial charge in [-0.3, -0.25) is 14.5 Å². The summed E-state index contributed by atoms with van der Waals surface area (Å²) < 4.78 is 1.89. The predicted octanol–water partition coefficient (Wildman–Crippen LogP) is 5.66. The Hall–Kier alpha value is -3.45. The largest absolute Gasteiger partial charge is 0.352 e. The maximum absolute atomic E-state index is 13.9. The molecule has 1 fully saturated rings. The number of anilines is 1. The highest BCUT2D eigenvalue weighted by atomic mass is 32.1. The number of nitrogens with zero attached hydrogens (tertiary/aromatic N) is 3. The van der Waals surface area contributed by atoms with Crippen molar-refractivity contribution in [3.8, 4) is 5.69 Å². The van der Waals surface area contributed by atoms with Gasteiger partial charge in [0, 0.05) is 17.1 Å². The quantitative estimate of drug-likeness (QED) is 0.366. The van der Waals surface area contributed by atoms with Crippen LogP contribution < -0.4 is 10.2 Å². The van der Waals surface area contributed by atoms with Crippen molar-refractivity contribution in [2.75, 3.05) is 11.4 Å². The number of hydrogen-bond donors (Lipinski definition) is 1. The van der Waals surface area contributed by atoms with Gasteiger partial charge in [-0.2, -0.15) is 5.10 Å². The normalized spacial score (nSPS) is 13.9. The van der Waals surface area contributed by atoms with Gasteiger partial charge in [-0.15, -0.1) is 11.3 Å². The zero-order chi connectivity index (χ0) is 24.4. The molecule has 0 radical (unpaired) electrons. The van der Waals surface area contributed by atoms with Crippen LogP contribution in [0.4, 0.5) is 5.69 Å². The number of aryl methyl sites for hydroxylation is 2. The standard InChI is InChI=1S/C28H30N4O2S/c1-3-20-11-7-10-16-24(20)31(18-26(33)29-21-12-8-9-13-21)27(34)25-17-23-19(2)30-32(28(23)35-25)22-14-5-4-6-15-22/h4-7,10-11,14-17,21H,3,8-9,12-13,18H2,1-2H3,(H,29,33). The molecule has 35 heavy (non-hydrogen) atoms. The van der Waals surface area contributed by atoms with E-state index in [1.807, 2.05) is 72.3 Å². The summed E-state index contributed by atoms with van der Waals surface area (Å²) in [5.74, 6) is -0.267. The van der Waals surface area contributed by atoms with E-state index in [0.29, 0.717) is 4.88 Å². The molecule has 2 aromatic carbocycles. The number of rotatable bonds is 7. The van der Waals surface area contributed by atoms with E-state index >= 15 is 0 Å². The Morgan fingerprint density at radius 3 is 2.54 bits per heavy atom. The van der Waals surface area contributed by atoms with Crippen molar-refractivity contribution in [3.05, 3.63) is 76.8 Å². The van der Waals surface area contributed by atoms with Crippen LogP contribution in [0.15, 0.2) is 60.7 Å². The van der Waals surface area contributed by atoms with E-state index in [2.05, 4.69) is 12.2 Å². The van der Waals surface area contributed by atoms with E-state index in [1.165, 1.54) is 11.3 Å². The van der Waals surface area contributed by atoms with Crippen LogP contribution in [0.1, 0.15) is 53.5 Å². The summed E-state index contributed by atoms with van der Waals surface area (Å²) in [5.41, 5.74) is 3.66. The first-order chi connectivity index (χ1) is 17.0. The molecule has 0 spiro atoms. The molecule has 180 valence electrons. The van der Waals surface area contributed by atoms with Gasteiger partial charge in [-0.1, -0.05) is 56.2 Å². The topological polar surface area (TPSA) is 67.2 Å². The van der Waals surface area contributed by atoms with Crippen molar-refractivity contribution in [1.29, 1.82) is 0 Å². The molecule has 6 nitrogen and oxygen atoms in total. The number of aromatic nitrogens is 2. The molecule has 1 N–H and O–H groups in total. The van der Waals surface area contributed by atoms with Crippen LogP contribution in [0.3, 0.4) is 0 Å². The van der Waals surface area contributed by atoms with E-state index in [0.717, 1.165) is 65.0 Å². The summed E-state index contributed by atoms with van der Waals surface area (Å²) in [6.07, 6.45) is 5.09. The van der Waals surface area contributed by atoms with Gasteiger partial charge in [-0.25, -0.2) is 4.68 Å². The first-order valence-corrected chi connectivity index (χ1v) is 13.1. The Kier molecular flexibility index (Phi) is 6.68. The number of thiophene rings is 1. The van der Waals surface area contributed by atoms with Crippen molar-refractivity contribution in [1.82, 2.24) is 15.1 Å². The molecule has 7 heteroatoms. The average molecular weight is 487 g/mol. The lowest BCUT2D eigenvalue weighted by Crippen LogP contribution is -2.43. The second-order valence-electron chi connectivity index (χ2n) is 9.08. The fourth-order valence-corrected chi connectivity index (χ4v) is 5.99. The van der Waals surface area contributed by atoms with E-state index in [4.69, 9.17) is 5.10 Å². The minimum absolute atomic E-state index is 0.00435. The van der Waals surface area contributed by atoms with Crippen molar-refractivity contribution >= 4 is 39.1 Å². The highest BCUT2D eigenvalue weighted by Gasteiger charge is 2.27. The molecule has 1 aliphatic rings. The van der Waals surface area contributed by atoms with Gasteiger partial charge in [0.2, 0.25) is 5.91 Å². The van der Waals surface area contributed by atoms with Crippen LogP contribution >= 0.6 is 11.3 Å². The molecule has 2 aromatic heterocycles. The van der Waals surface area contributed by atoms with Crippen LogP contribution in [0.2, 0.25) is 0 Å². The number of benzene rings is 2. The minimum atomic E-state index is -0.160. The van der Waals surface area contributed by atoms with Crippen molar-refractivity contribution in [2.45, 2.75) is 52.0 Å². The number of amides is 2. The first kappa shape index (κ1) is 23.3. The zero-order valence-corrected chi connectivity index (χ0v) is 21.0. The molecule has 4 aromatic rings. The van der Waals surface area contributed by atoms with E-state index < -0.39 is 0 Å². The number of para-hydroxylation sites is 2. The maximum Gasteiger partial charge on any atom is 0.268 e. The highest BCUT2D eigenvalue weighted by molar-refractivity contribution is 7.20. The first-order valence-electron chi connectivity index (χ1n) is 12.3. The number of fused-ring (bicyclic) bond motifs is 1. The Bertz CT molecular complexity index is 1350. The fraction of sp³-hybridized carbons (Fsp3) is 0.321. The van der Waals surface area contributed by atoms with Gasteiger partial charge in [0.05, 0.1) is 16.3 Å². The number of hydrogen-bond acceptors (Lipinski definition) is 4. The van der Waals surface area contributed by atoms with Gasteiger partial charge >= 0.3 is 0 Å². The summed E-state index contributed by atoms with van der Waals surface area (Å²) in [4.78, 5) is 30.1. The Morgan fingerprint density at radius 2 is 1.80 bits per heavy atom. The van der Waals surface area contributed by atoms with Crippen molar-refractivity contribution < 1.29 is 9.59 Å². The van der Waals surface area contributed by atoms with Crippen LogP contribution in [0.5, 0.6) is 0 Å².